The molecule has 0 atom stereocenters. The van der Waals surface area contributed by atoms with Crippen molar-refractivity contribution in [3.8, 4) is 23.7 Å². The number of fused-ring (bicyclic) bond motifs is 1. The van der Waals surface area contributed by atoms with Crippen LogP contribution in [0.15, 0.2) is 33.2 Å². The lowest BCUT2D eigenvalue weighted by atomic mass is 10.0. The molecule has 88 valence electrons. The fourth-order valence-electron chi connectivity index (χ4n) is 1.76. The Morgan fingerprint density at radius 2 is 1.11 bits per heavy atom. The highest BCUT2D eigenvalue weighted by molar-refractivity contribution is 9.10. The summed E-state index contributed by atoms with van der Waals surface area (Å²) >= 11 is 7.09. The Kier molecular flexibility index (Phi) is 4.12. The largest absolute Gasteiger partial charge is 0.101 e. The van der Waals surface area contributed by atoms with Gasteiger partial charge in [0.15, 0.2) is 0 Å². The lowest BCUT2D eigenvalue weighted by Crippen LogP contribution is -1.84. The van der Waals surface area contributed by atoms with Crippen LogP contribution in [0.5, 0.6) is 0 Å². The molecular formula is C16H10Br2. The van der Waals surface area contributed by atoms with Gasteiger partial charge in [0.05, 0.1) is 0 Å². The Balaban J connectivity index is 2.76. The number of hydrogen-bond acceptors (Lipinski definition) is 0. The van der Waals surface area contributed by atoms with E-state index in [-0.39, 0.29) is 0 Å². The van der Waals surface area contributed by atoms with Crippen molar-refractivity contribution in [2.75, 3.05) is 0 Å². The van der Waals surface area contributed by atoms with Crippen molar-refractivity contribution in [3.63, 3.8) is 0 Å². The molecule has 2 heteroatoms. The Labute approximate surface area is 124 Å². The zero-order chi connectivity index (χ0) is 13.1. The molecular weight excluding hydrogens is 352 g/mol. The van der Waals surface area contributed by atoms with Crippen LogP contribution in [-0.2, 0) is 0 Å². The molecule has 2 rings (SSSR count). The molecule has 18 heavy (non-hydrogen) atoms. The number of halogens is 2. The summed E-state index contributed by atoms with van der Waals surface area (Å²) in [7, 11) is 0. The van der Waals surface area contributed by atoms with Crippen molar-refractivity contribution in [2.45, 2.75) is 13.8 Å². The zero-order valence-electron chi connectivity index (χ0n) is 10.1. The maximum Gasteiger partial charge on any atom is 0.0393 e. The summed E-state index contributed by atoms with van der Waals surface area (Å²) in [5.41, 5.74) is 2.01. The average molecular weight is 362 g/mol. The average Bonchev–Trinajstić information content (AvgIpc) is 2.33. The molecule has 0 saturated heterocycles. The molecule has 0 nitrogen and oxygen atoms in total. The first-order valence-electron chi connectivity index (χ1n) is 5.44. The Bertz CT molecular complexity index is 674. The van der Waals surface area contributed by atoms with Gasteiger partial charge in [-0.2, -0.15) is 0 Å². The minimum absolute atomic E-state index is 1.00. The number of benzene rings is 2. The third kappa shape index (κ3) is 2.61. The normalized spacial score (nSPS) is 9.33. The topological polar surface area (TPSA) is 0 Å². The second kappa shape index (κ2) is 5.61. The predicted molar refractivity (Wildman–Crippen MR) is 84.5 cm³/mol. The molecule has 0 aliphatic rings. The number of hydrogen-bond donors (Lipinski definition) is 0. The van der Waals surface area contributed by atoms with Gasteiger partial charge in [-0.1, -0.05) is 11.8 Å². The summed E-state index contributed by atoms with van der Waals surface area (Å²) in [6, 6.07) is 8.35. The van der Waals surface area contributed by atoms with Crippen molar-refractivity contribution in [1.29, 1.82) is 0 Å². The highest BCUT2D eigenvalue weighted by Gasteiger charge is 2.04. The maximum absolute atomic E-state index is 3.55. The molecule has 0 amide bonds. The summed E-state index contributed by atoms with van der Waals surface area (Å²) in [5.74, 6) is 12.0. The molecule has 0 N–H and O–H groups in total. The maximum atomic E-state index is 3.55. The van der Waals surface area contributed by atoms with Gasteiger partial charge in [-0.05, 0) is 80.7 Å². The van der Waals surface area contributed by atoms with Gasteiger partial charge in [-0.3, -0.25) is 0 Å². The molecule has 0 bridgehead atoms. The summed E-state index contributed by atoms with van der Waals surface area (Å²) in [6.45, 7) is 3.68. The van der Waals surface area contributed by atoms with Crippen LogP contribution in [0.3, 0.4) is 0 Å². The molecule has 0 spiro atoms. The molecule has 0 unspecified atom stereocenters. The van der Waals surface area contributed by atoms with Crippen LogP contribution >= 0.6 is 31.9 Å². The van der Waals surface area contributed by atoms with E-state index < -0.39 is 0 Å². The van der Waals surface area contributed by atoms with Gasteiger partial charge in [0.1, 0.15) is 0 Å². The van der Waals surface area contributed by atoms with Gasteiger partial charge in [-0.25, -0.2) is 0 Å². The van der Waals surface area contributed by atoms with Crippen molar-refractivity contribution in [1.82, 2.24) is 0 Å². The van der Waals surface area contributed by atoms with E-state index >= 15 is 0 Å². The summed E-state index contributed by atoms with van der Waals surface area (Å²) in [4.78, 5) is 0. The smallest absolute Gasteiger partial charge is 0.0393 e. The third-order valence-corrected chi connectivity index (χ3v) is 3.84. The Morgan fingerprint density at radius 3 is 1.50 bits per heavy atom. The van der Waals surface area contributed by atoms with E-state index in [0.717, 1.165) is 30.8 Å². The number of rotatable bonds is 0. The van der Waals surface area contributed by atoms with E-state index in [9.17, 15) is 0 Å². The molecule has 0 fully saturated rings. The quantitative estimate of drug-likeness (QED) is 0.572. The first-order valence-corrected chi connectivity index (χ1v) is 7.02. The molecule has 2 aromatic carbocycles. The first kappa shape index (κ1) is 13.2. The van der Waals surface area contributed by atoms with Gasteiger partial charge in [0.25, 0.3) is 0 Å². The van der Waals surface area contributed by atoms with Crippen molar-refractivity contribution < 1.29 is 0 Å². The predicted octanol–water partition coefficient (Wildman–Crippen LogP) is 5.11. The summed E-state index contributed by atoms with van der Waals surface area (Å²) in [5, 5.41) is 2.31. The fraction of sp³-hybridized carbons (Fsp3) is 0.125. The highest BCUT2D eigenvalue weighted by Crippen LogP contribution is 2.28. The second-order valence-electron chi connectivity index (χ2n) is 3.76. The van der Waals surface area contributed by atoms with E-state index in [0.29, 0.717) is 0 Å². The van der Waals surface area contributed by atoms with Crippen LogP contribution in [0.2, 0.25) is 0 Å². The Hall–Kier alpha value is -1.22. The minimum Gasteiger partial charge on any atom is -0.101 e. The molecule has 0 saturated carbocycles. The highest BCUT2D eigenvalue weighted by atomic mass is 79.9. The standard InChI is InChI=1S/C16H10Br2/c1-3-5-11-7-13-8-12(6-4-2)16(18)10-14(13)9-15(11)17/h7-10H,1-2H3. The second-order valence-corrected chi connectivity index (χ2v) is 5.47. The first-order chi connectivity index (χ1) is 8.65. The Morgan fingerprint density at radius 1 is 0.722 bits per heavy atom. The van der Waals surface area contributed by atoms with Crippen LogP contribution in [0.4, 0.5) is 0 Å². The van der Waals surface area contributed by atoms with Gasteiger partial charge in [0, 0.05) is 20.1 Å². The van der Waals surface area contributed by atoms with Crippen LogP contribution < -0.4 is 0 Å². The molecule has 0 radical (unpaired) electrons. The molecule has 0 aliphatic carbocycles. The summed E-state index contributed by atoms with van der Waals surface area (Å²) in [6.07, 6.45) is 0. The minimum atomic E-state index is 1.00. The van der Waals surface area contributed by atoms with Gasteiger partial charge in [0.2, 0.25) is 0 Å². The molecule has 0 aromatic heterocycles. The van der Waals surface area contributed by atoms with Crippen molar-refractivity contribution in [3.05, 3.63) is 44.3 Å². The van der Waals surface area contributed by atoms with Crippen LogP contribution in [0, 0.1) is 23.7 Å². The van der Waals surface area contributed by atoms with E-state index in [1.54, 1.807) is 0 Å². The van der Waals surface area contributed by atoms with E-state index in [2.05, 4.69) is 79.8 Å². The van der Waals surface area contributed by atoms with E-state index in [4.69, 9.17) is 0 Å². The van der Waals surface area contributed by atoms with Gasteiger partial charge >= 0.3 is 0 Å². The van der Waals surface area contributed by atoms with E-state index in [1.165, 1.54) is 0 Å². The van der Waals surface area contributed by atoms with Crippen LogP contribution in [0.25, 0.3) is 10.8 Å². The van der Waals surface area contributed by atoms with E-state index in [1.807, 2.05) is 13.8 Å². The van der Waals surface area contributed by atoms with Crippen molar-refractivity contribution >= 4 is 42.6 Å². The molecule has 0 aliphatic heterocycles. The lowest BCUT2D eigenvalue weighted by Gasteiger charge is -2.05. The van der Waals surface area contributed by atoms with Crippen molar-refractivity contribution in [2.24, 2.45) is 0 Å². The lowest BCUT2D eigenvalue weighted by molar-refractivity contribution is 1.59. The van der Waals surface area contributed by atoms with Gasteiger partial charge in [-0.15, -0.1) is 11.8 Å². The molecule has 0 heterocycles. The fourth-order valence-corrected chi connectivity index (χ4v) is 2.68. The van der Waals surface area contributed by atoms with Crippen LogP contribution in [-0.4, -0.2) is 0 Å². The van der Waals surface area contributed by atoms with Gasteiger partial charge < -0.3 is 0 Å². The zero-order valence-corrected chi connectivity index (χ0v) is 13.2. The SMILES string of the molecule is CC#Cc1cc2cc(C#CC)c(Br)cc2cc1Br. The monoisotopic (exact) mass is 360 g/mol. The summed E-state index contributed by atoms with van der Waals surface area (Å²) < 4.78 is 2.04. The third-order valence-electron chi connectivity index (χ3n) is 2.53. The molecule has 2 aromatic rings. The van der Waals surface area contributed by atoms with Crippen LogP contribution in [0.1, 0.15) is 25.0 Å².